The van der Waals surface area contributed by atoms with Gasteiger partial charge in [-0.15, -0.1) is 0 Å². The zero-order chi connectivity index (χ0) is 25.5. The first-order chi connectivity index (χ1) is 16.6. The summed E-state index contributed by atoms with van der Waals surface area (Å²) in [5, 5.41) is 62.7. The number of carbonyl (C=O) groups is 2. The van der Waals surface area contributed by atoms with Crippen LogP contribution in [-0.4, -0.2) is 55.0 Å². The van der Waals surface area contributed by atoms with Crippen LogP contribution in [0.3, 0.4) is 0 Å². The van der Waals surface area contributed by atoms with Crippen LogP contribution in [0.4, 0.5) is 0 Å². The summed E-state index contributed by atoms with van der Waals surface area (Å²) >= 11 is 0. The van der Waals surface area contributed by atoms with Gasteiger partial charge >= 0.3 is 0 Å². The lowest BCUT2D eigenvalue weighted by molar-refractivity contribution is -0.128. The molecule has 0 heterocycles. The van der Waals surface area contributed by atoms with E-state index in [0.29, 0.717) is 23.1 Å². The fourth-order valence-electron chi connectivity index (χ4n) is 3.43. The number of rotatable bonds is 9. The Morgan fingerprint density at radius 2 is 1.14 bits per heavy atom. The van der Waals surface area contributed by atoms with Crippen molar-refractivity contribution in [3.63, 3.8) is 0 Å². The number of hydrogen-bond acceptors (Lipinski definition) is 8. The van der Waals surface area contributed by atoms with Gasteiger partial charge in [-0.1, -0.05) is 18.2 Å². The molecule has 0 aliphatic heterocycles. The lowest BCUT2D eigenvalue weighted by atomic mass is 10.0. The number of nitrogens with one attached hydrogen (secondary N) is 2. The van der Waals surface area contributed by atoms with E-state index in [1.165, 1.54) is 48.5 Å². The van der Waals surface area contributed by atoms with Crippen molar-refractivity contribution >= 4 is 11.8 Å². The van der Waals surface area contributed by atoms with E-state index in [0.717, 1.165) is 0 Å². The van der Waals surface area contributed by atoms with E-state index in [9.17, 15) is 40.2 Å². The molecule has 2 amide bonds. The maximum Gasteiger partial charge on any atom is 0.242 e. The Morgan fingerprint density at radius 3 is 1.71 bits per heavy atom. The monoisotopic (exact) mass is 482 g/mol. The SMILES string of the molecule is O=C(Cc1ccc(O)c(O)c1)N[C@@H](Cc1ccc(O)c(O)c1)C(=O)NCCc1ccc(O)c(O)c1. The smallest absolute Gasteiger partial charge is 0.242 e. The molecular weight excluding hydrogens is 456 g/mol. The summed E-state index contributed by atoms with van der Waals surface area (Å²) < 4.78 is 0. The second kappa shape index (κ2) is 11.0. The Bertz CT molecular complexity index is 1230. The maximum atomic E-state index is 12.9. The minimum absolute atomic E-state index is 0.0201. The van der Waals surface area contributed by atoms with Gasteiger partial charge in [0.25, 0.3) is 0 Å². The summed E-state index contributed by atoms with van der Waals surface area (Å²) in [4.78, 5) is 25.5. The van der Waals surface area contributed by atoms with Gasteiger partial charge < -0.3 is 41.3 Å². The first-order valence-electron chi connectivity index (χ1n) is 10.7. The van der Waals surface area contributed by atoms with Crippen LogP contribution in [-0.2, 0) is 28.9 Å². The molecule has 0 aliphatic rings. The van der Waals surface area contributed by atoms with Crippen LogP contribution in [0.15, 0.2) is 54.6 Å². The van der Waals surface area contributed by atoms with E-state index in [4.69, 9.17) is 0 Å². The number of benzene rings is 3. The van der Waals surface area contributed by atoms with Crippen molar-refractivity contribution < 1.29 is 40.2 Å². The van der Waals surface area contributed by atoms with E-state index in [1.807, 2.05) is 0 Å². The fraction of sp³-hybridized carbons (Fsp3) is 0.200. The molecule has 0 saturated carbocycles. The van der Waals surface area contributed by atoms with Gasteiger partial charge in [-0.2, -0.15) is 0 Å². The van der Waals surface area contributed by atoms with E-state index >= 15 is 0 Å². The van der Waals surface area contributed by atoms with Gasteiger partial charge in [-0.3, -0.25) is 9.59 Å². The summed E-state index contributed by atoms with van der Waals surface area (Å²) in [5.41, 5.74) is 1.59. The van der Waals surface area contributed by atoms with Crippen molar-refractivity contribution in [3.8, 4) is 34.5 Å². The van der Waals surface area contributed by atoms with E-state index in [-0.39, 0.29) is 53.9 Å². The Labute approximate surface area is 200 Å². The molecule has 0 fully saturated rings. The largest absolute Gasteiger partial charge is 0.504 e. The predicted octanol–water partition coefficient (Wildman–Crippen LogP) is 1.55. The molecule has 0 bridgehead atoms. The molecule has 1 atom stereocenters. The van der Waals surface area contributed by atoms with Gasteiger partial charge in [-0.25, -0.2) is 0 Å². The normalized spacial score (nSPS) is 11.5. The molecule has 0 aromatic heterocycles. The summed E-state index contributed by atoms with van der Waals surface area (Å²) in [6.07, 6.45) is 0.213. The number of phenols is 6. The molecular formula is C25H26N2O8. The van der Waals surface area contributed by atoms with E-state index in [1.54, 1.807) is 6.07 Å². The molecule has 8 N–H and O–H groups in total. The molecule has 0 saturated heterocycles. The Balaban J connectivity index is 1.68. The van der Waals surface area contributed by atoms with Crippen LogP contribution in [0.25, 0.3) is 0 Å². The predicted molar refractivity (Wildman–Crippen MR) is 125 cm³/mol. The van der Waals surface area contributed by atoms with Gasteiger partial charge in [0.1, 0.15) is 6.04 Å². The number of aromatic hydroxyl groups is 6. The van der Waals surface area contributed by atoms with E-state index < -0.39 is 17.9 Å². The third-order valence-electron chi connectivity index (χ3n) is 5.29. The Hall–Kier alpha value is -4.60. The van der Waals surface area contributed by atoms with Crippen molar-refractivity contribution in [1.29, 1.82) is 0 Å². The molecule has 184 valence electrons. The molecule has 3 rings (SSSR count). The third-order valence-corrected chi connectivity index (χ3v) is 5.29. The van der Waals surface area contributed by atoms with Crippen molar-refractivity contribution in [2.45, 2.75) is 25.3 Å². The first kappa shape index (κ1) is 25.0. The average molecular weight is 482 g/mol. The summed E-state index contributed by atoms with van der Waals surface area (Å²) in [7, 11) is 0. The molecule has 0 unspecified atom stereocenters. The Kier molecular flexibility index (Phi) is 7.88. The fourth-order valence-corrected chi connectivity index (χ4v) is 3.43. The van der Waals surface area contributed by atoms with Crippen molar-refractivity contribution in [1.82, 2.24) is 10.6 Å². The lowest BCUT2D eigenvalue weighted by Gasteiger charge is -2.19. The number of amides is 2. The second-order valence-electron chi connectivity index (χ2n) is 8.01. The molecule has 10 nitrogen and oxygen atoms in total. The van der Waals surface area contributed by atoms with Crippen LogP contribution >= 0.6 is 0 Å². The number of carbonyl (C=O) groups excluding carboxylic acids is 2. The molecule has 35 heavy (non-hydrogen) atoms. The van der Waals surface area contributed by atoms with Crippen LogP contribution in [0.1, 0.15) is 16.7 Å². The molecule has 0 spiro atoms. The van der Waals surface area contributed by atoms with Crippen molar-refractivity contribution in [2.24, 2.45) is 0 Å². The molecule has 3 aromatic carbocycles. The zero-order valence-electron chi connectivity index (χ0n) is 18.6. The number of phenolic OH excluding ortho intramolecular Hbond substituents is 6. The second-order valence-corrected chi connectivity index (χ2v) is 8.01. The molecule has 0 radical (unpaired) electrons. The molecule has 10 heteroatoms. The quantitative estimate of drug-likeness (QED) is 0.212. The molecule has 3 aromatic rings. The zero-order valence-corrected chi connectivity index (χ0v) is 18.6. The van der Waals surface area contributed by atoms with Gasteiger partial charge in [0, 0.05) is 13.0 Å². The highest BCUT2D eigenvalue weighted by atomic mass is 16.3. The lowest BCUT2D eigenvalue weighted by Crippen LogP contribution is -2.48. The maximum absolute atomic E-state index is 12.9. The van der Waals surface area contributed by atoms with Gasteiger partial charge in [0.2, 0.25) is 11.8 Å². The first-order valence-corrected chi connectivity index (χ1v) is 10.7. The summed E-state index contributed by atoms with van der Waals surface area (Å²) in [6, 6.07) is 11.3. The van der Waals surface area contributed by atoms with Crippen LogP contribution < -0.4 is 10.6 Å². The summed E-state index contributed by atoms with van der Waals surface area (Å²) in [5.74, 6) is -2.90. The van der Waals surface area contributed by atoms with Gasteiger partial charge in [0.05, 0.1) is 6.42 Å². The minimum atomic E-state index is -1.02. The van der Waals surface area contributed by atoms with E-state index in [2.05, 4.69) is 10.6 Å². The Morgan fingerprint density at radius 1 is 0.657 bits per heavy atom. The van der Waals surface area contributed by atoms with Crippen LogP contribution in [0.2, 0.25) is 0 Å². The van der Waals surface area contributed by atoms with Gasteiger partial charge in [-0.05, 0) is 59.5 Å². The van der Waals surface area contributed by atoms with Gasteiger partial charge in [0.15, 0.2) is 34.5 Å². The number of hydrogen-bond donors (Lipinski definition) is 8. The topological polar surface area (TPSA) is 180 Å². The summed E-state index contributed by atoms with van der Waals surface area (Å²) in [6.45, 7) is 0.183. The highest BCUT2D eigenvalue weighted by Crippen LogP contribution is 2.27. The van der Waals surface area contributed by atoms with Crippen LogP contribution in [0.5, 0.6) is 34.5 Å². The third kappa shape index (κ3) is 6.94. The minimum Gasteiger partial charge on any atom is -0.504 e. The highest BCUT2D eigenvalue weighted by Gasteiger charge is 2.22. The van der Waals surface area contributed by atoms with Crippen molar-refractivity contribution in [3.05, 3.63) is 71.3 Å². The molecule has 0 aliphatic carbocycles. The average Bonchev–Trinajstić information content (AvgIpc) is 2.80. The van der Waals surface area contributed by atoms with Crippen LogP contribution in [0, 0.1) is 0 Å². The standard InChI is InChI=1S/C25H26N2O8/c28-18-4-1-14(10-21(18)31)7-8-26-25(35)17(9-15-2-5-19(29)22(32)11-15)27-24(34)13-16-3-6-20(30)23(33)12-16/h1-6,10-12,17,28-33H,7-9,13H2,(H,26,35)(H,27,34)/t17-/m0/s1. The van der Waals surface area contributed by atoms with Crippen molar-refractivity contribution in [2.75, 3.05) is 6.54 Å². The highest BCUT2D eigenvalue weighted by molar-refractivity contribution is 5.88.